The van der Waals surface area contributed by atoms with E-state index in [9.17, 15) is 4.79 Å². The minimum absolute atomic E-state index is 0.0286. The molecule has 1 unspecified atom stereocenters. The Morgan fingerprint density at radius 1 is 1.38 bits per heavy atom. The summed E-state index contributed by atoms with van der Waals surface area (Å²) in [5.41, 5.74) is 0.806. The van der Waals surface area contributed by atoms with Crippen molar-refractivity contribution in [1.82, 2.24) is 24.2 Å². The molecule has 0 spiro atoms. The van der Waals surface area contributed by atoms with Crippen LogP contribution < -0.4 is 0 Å². The second kappa shape index (κ2) is 7.17. The topological polar surface area (TPSA) is 65.2 Å². The number of piperidine rings is 1. The SMILES string of the molecule is COC(C(=O)N1CCC(Cc2nccn2C)CC1)c1cnn(C)c1. The molecule has 0 N–H and O–H groups in total. The van der Waals surface area contributed by atoms with Gasteiger partial charge in [-0.1, -0.05) is 0 Å². The van der Waals surface area contributed by atoms with Gasteiger partial charge in [-0.15, -0.1) is 0 Å². The van der Waals surface area contributed by atoms with Gasteiger partial charge in [-0.05, 0) is 18.8 Å². The average molecular weight is 331 g/mol. The summed E-state index contributed by atoms with van der Waals surface area (Å²) in [7, 11) is 5.44. The van der Waals surface area contributed by atoms with Gasteiger partial charge in [0, 0.05) is 64.9 Å². The van der Waals surface area contributed by atoms with Crippen LogP contribution >= 0.6 is 0 Å². The van der Waals surface area contributed by atoms with Crippen LogP contribution in [0.4, 0.5) is 0 Å². The van der Waals surface area contributed by atoms with E-state index in [-0.39, 0.29) is 5.91 Å². The van der Waals surface area contributed by atoms with Gasteiger partial charge in [0.15, 0.2) is 6.10 Å². The largest absolute Gasteiger partial charge is 0.367 e. The van der Waals surface area contributed by atoms with Crippen molar-refractivity contribution in [3.63, 3.8) is 0 Å². The van der Waals surface area contributed by atoms with Gasteiger partial charge in [-0.25, -0.2) is 4.98 Å². The maximum Gasteiger partial charge on any atom is 0.256 e. The lowest BCUT2D eigenvalue weighted by Gasteiger charge is -2.33. The summed E-state index contributed by atoms with van der Waals surface area (Å²) in [6.07, 6.45) is 9.76. The molecule has 1 aliphatic heterocycles. The molecule has 2 aromatic rings. The predicted octanol–water partition coefficient (Wildman–Crippen LogP) is 1.32. The highest BCUT2D eigenvalue weighted by atomic mass is 16.5. The molecular formula is C17H25N5O2. The van der Waals surface area contributed by atoms with Crippen LogP contribution in [0.15, 0.2) is 24.8 Å². The molecule has 1 saturated heterocycles. The van der Waals surface area contributed by atoms with Gasteiger partial charge in [0.25, 0.3) is 5.91 Å². The number of rotatable bonds is 5. The normalized spacial score (nSPS) is 17.2. The van der Waals surface area contributed by atoms with E-state index in [1.54, 1.807) is 18.0 Å². The molecule has 3 heterocycles. The van der Waals surface area contributed by atoms with E-state index >= 15 is 0 Å². The van der Waals surface area contributed by atoms with Gasteiger partial charge in [0.05, 0.1) is 6.20 Å². The third-order valence-electron chi connectivity index (χ3n) is 4.81. The average Bonchev–Trinajstić information content (AvgIpc) is 3.18. The lowest BCUT2D eigenvalue weighted by atomic mass is 9.92. The monoisotopic (exact) mass is 331 g/mol. The van der Waals surface area contributed by atoms with Crippen molar-refractivity contribution in [2.75, 3.05) is 20.2 Å². The first kappa shape index (κ1) is 16.7. The summed E-state index contributed by atoms with van der Waals surface area (Å²) < 4.78 is 9.19. The summed E-state index contributed by atoms with van der Waals surface area (Å²) in [4.78, 5) is 19.1. The van der Waals surface area contributed by atoms with Crippen LogP contribution in [0.2, 0.25) is 0 Å². The smallest absolute Gasteiger partial charge is 0.256 e. The van der Waals surface area contributed by atoms with Crippen molar-refractivity contribution in [3.8, 4) is 0 Å². The van der Waals surface area contributed by atoms with E-state index in [0.717, 1.165) is 43.7 Å². The number of likely N-dealkylation sites (tertiary alicyclic amines) is 1. The van der Waals surface area contributed by atoms with E-state index in [2.05, 4.69) is 14.6 Å². The number of carbonyl (C=O) groups excluding carboxylic acids is 1. The number of hydrogen-bond donors (Lipinski definition) is 0. The lowest BCUT2D eigenvalue weighted by molar-refractivity contribution is -0.143. The van der Waals surface area contributed by atoms with E-state index < -0.39 is 6.10 Å². The Bertz CT molecular complexity index is 685. The molecule has 3 rings (SSSR count). The van der Waals surface area contributed by atoms with Crippen molar-refractivity contribution in [3.05, 3.63) is 36.2 Å². The standard InChI is InChI=1S/C17H25N5O2/c1-20-9-6-18-15(20)10-13-4-7-22(8-5-13)17(23)16(24-3)14-11-19-21(2)12-14/h6,9,11-13,16H,4-5,7-8,10H2,1-3H3. The van der Waals surface area contributed by atoms with Crippen LogP contribution in [-0.4, -0.2) is 50.3 Å². The van der Waals surface area contributed by atoms with Gasteiger partial charge in [0.2, 0.25) is 0 Å². The van der Waals surface area contributed by atoms with E-state index in [4.69, 9.17) is 4.74 Å². The summed E-state index contributed by atoms with van der Waals surface area (Å²) in [6.45, 7) is 1.54. The molecule has 24 heavy (non-hydrogen) atoms. The van der Waals surface area contributed by atoms with Gasteiger partial charge < -0.3 is 14.2 Å². The number of ether oxygens (including phenoxy) is 1. The highest BCUT2D eigenvalue weighted by molar-refractivity contribution is 5.82. The first-order valence-electron chi connectivity index (χ1n) is 8.34. The number of amides is 1. The van der Waals surface area contributed by atoms with Crippen LogP contribution in [0.25, 0.3) is 0 Å². The number of aromatic nitrogens is 4. The lowest BCUT2D eigenvalue weighted by Crippen LogP contribution is -2.42. The first-order chi connectivity index (χ1) is 11.6. The van der Waals surface area contributed by atoms with Gasteiger partial charge >= 0.3 is 0 Å². The molecule has 0 aliphatic carbocycles. The fourth-order valence-electron chi connectivity index (χ4n) is 3.33. The first-order valence-corrected chi connectivity index (χ1v) is 8.34. The van der Waals surface area contributed by atoms with E-state index in [1.807, 2.05) is 37.6 Å². The third-order valence-corrected chi connectivity index (χ3v) is 4.81. The van der Waals surface area contributed by atoms with Crippen LogP contribution in [0, 0.1) is 5.92 Å². The fourth-order valence-corrected chi connectivity index (χ4v) is 3.33. The van der Waals surface area contributed by atoms with Gasteiger partial charge in [-0.3, -0.25) is 9.48 Å². The summed E-state index contributed by atoms with van der Waals surface area (Å²) >= 11 is 0. The summed E-state index contributed by atoms with van der Waals surface area (Å²) in [5.74, 6) is 1.72. The highest BCUT2D eigenvalue weighted by Gasteiger charge is 2.30. The molecule has 1 amide bonds. The van der Waals surface area contributed by atoms with Crippen molar-refractivity contribution < 1.29 is 9.53 Å². The van der Waals surface area contributed by atoms with Crippen LogP contribution in [0.3, 0.4) is 0 Å². The second-order valence-corrected chi connectivity index (χ2v) is 6.49. The van der Waals surface area contributed by atoms with Crippen molar-refractivity contribution >= 4 is 5.91 Å². The number of imidazole rings is 1. The minimum Gasteiger partial charge on any atom is -0.367 e. The molecule has 7 nitrogen and oxygen atoms in total. The molecule has 0 bridgehead atoms. The van der Waals surface area contributed by atoms with Crippen LogP contribution in [-0.2, 0) is 30.0 Å². The molecule has 130 valence electrons. The number of nitrogens with zero attached hydrogens (tertiary/aromatic N) is 5. The fraction of sp³-hybridized carbons (Fsp3) is 0.588. The molecule has 2 aromatic heterocycles. The molecule has 1 fully saturated rings. The second-order valence-electron chi connectivity index (χ2n) is 6.49. The van der Waals surface area contributed by atoms with Crippen molar-refractivity contribution in [2.24, 2.45) is 20.0 Å². The van der Waals surface area contributed by atoms with E-state index in [0.29, 0.717) is 5.92 Å². The Balaban J connectivity index is 1.57. The predicted molar refractivity (Wildman–Crippen MR) is 89.2 cm³/mol. The quantitative estimate of drug-likeness (QED) is 0.829. The molecule has 1 aliphatic rings. The Kier molecular flexibility index (Phi) is 4.99. The highest BCUT2D eigenvalue weighted by Crippen LogP contribution is 2.25. The third kappa shape index (κ3) is 3.51. The van der Waals surface area contributed by atoms with Gasteiger partial charge in [0.1, 0.15) is 5.82 Å². The summed E-state index contributed by atoms with van der Waals surface area (Å²) in [5, 5.41) is 4.13. The molecule has 7 heteroatoms. The molecule has 0 radical (unpaired) electrons. The molecular weight excluding hydrogens is 306 g/mol. The van der Waals surface area contributed by atoms with Crippen molar-refractivity contribution in [2.45, 2.75) is 25.4 Å². The molecule has 0 saturated carbocycles. The summed E-state index contributed by atoms with van der Waals surface area (Å²) in [6, 6.07) is 0. The maximum atomic E-state index is 12.8. The molecule has 1 atom stereocenters. The van der Waals surface area contributed by atoms with Crippen molar-refractivity contribution in [1.29, 1.82) is 0 Å². The van der Waals surface area contributed by atoms with Crippen LogP contribution in [0.1, 0.15) is 30.3 Å². The Morgan fingerprint density at radius 2 is 2.12 bits per heavy atom. The zero-order chi connectivity index (χ0) is 17.1. The Labute approximate surface area is 142 Å². The number of aryl methyl sites for hydroxylation is 2. The zero-order valence-corrected chi connectivity index (χ0v) is 14.6. The van der Waals surface area contributed by atoms with Crippen LogP contribution in [0.5, 0.6) is 0 Å². The zero-order valence-electron chi connectivity index (χ0n) is 14.6. The maximum absolute atomic E-state index is 12.8. The minimum atomic E-state index is -0.565. The van der Waals surface area contributed by atoms with E-state index in [1.165, 1.54) is 0 Å². The Morgan fingerprint density at radius 3 is 2.67 bits per heavy atom. The Hall–Kier alpha value is -2.15. The number of hydrogen-bond acceptors (Lipinski definition) is 4. The number of carbonyl (C=O) groups is 1. The number of methoxy groups -OCH3 is 1. The van der Waals surface area contributed by atoms with Gasteiger partial charge in [-0.2, -0.15) is 5.10 Å². The molecule has 0 aromatic carbocycles.